The zero-order valence-electron chi connectivity index (χ0n) is 34.1. The lowest BCUT2D eigenvalue weighted by Gasteiger charge is -2.15. The second-order valence-corrected chi connectivity index (χ2v) is 16.4. The highest BCUT2D eigenvalue weighted by Crippen LogP contribution is 2.47. The van der Waals surface area contributed by atoms with Crippen LogP contribution in [0.15, 0.2) is 218 Å². The maximum absolute atomic E-state index is 5.44. The first-order chi connectivity index (χ1) is 31.2. The lowest BCUT2D eigenvalue weighted by atomic mass is 9.91. The maximum atomic E-state index is 5.44. The molecule has 13 aromatic rings. The van der Waals surface area contributed by atoms with Gasteiger partial charge < -0.3 is 4.57 Å². The Morgan fingerprint density at radius 2 is 0.762 bits per heavy atom. The maximum Gasteiger partial charge on any atom is 0.164 e. The molecule has 0 saturated carbocycles. The molecule has 0 aliphatic carbocycles. The number of nitrogens with zero attached hydrogens (tertiary/aromatic N) is 4. The molecule has 0 unspecified atom stereocenters. The lowest BCUT2D eigenvalue weighted by molar-refractivity contribution is 1.07. The first-order valence-corrected chi connectivity index (χ1v) is 21.4. The van der Waals surface area contributed by atoms with Gasteiger partial charge in [0.05, 0.1) is 11.0 Å². The van der Waals surface area contributed by atoms with Gasteiger partial charge in [0.25, 0.3) is 0 Å². The van der Waals surface area contributed by atoms with Crippen molar-refractivity contribution in [3.8, 4) is 62.1 Å². The zero-order valence-corrected chi connectivity index (χ0v) is 34.1. The molecule has 0 N–H and O–H groups in total. The Hall–Kier alpha value is -8.47. The summed E-state index contributed by atoms with van der Waals surface area (Å²) in [6.07, 6.45) is 0. The number of aromatic nitrogens is 4. The van der Waals surface area contributed by atoms with Gasteiger partial charge in [-0.25, -0.2) is 15.0 Å². The molecule has 0 aliphatic rings. The summed E-state index contributed by atoms with van der Waals surface area (Å²) in [6.45, 7) is 0. The molecular weight excluding hydrogens is 765 g/mol. The van der Waals surface area contributed by atoms with E-state index in [4.69, 9.17) is 15.0 Å². The molecular formula is C59H36N4. The van der Waals surface area contributed by atoms with E-state index in [0.717, 1.165) is 55.4 Å². The third-order valence-electron chi connectivity index (χ3n) is 12.7. The summed E-state index contributed by atoms with van der Waals surface area (Å²) in [7, 11) is 0. The Morgan fingerprint density at radius 3 is 1.44 bits per heavy atom. The molecule has 13 rings (SSSR count). The second kappa shape index (κ2) is 14.1. The van der Waals surface area contributed by atoms with Crippen molar-refractivity contribution in [2.24, 2.45) is 0 Å². The van der Waals surface area contributed by atoms with Crippen LogP contribution in [0.25, 0.3) is 127 Å². The van der Waals surface area contributed by atoms with Crippen molar-refractivity contribution in [3.05, 3.63) is 218 Å². The fourth-order valence-corrected chi connectivity index (χ4v) is 9.90. The van der Waals surface area contributed by atoms with Gasteiger partial charge in [-0.3, -0.25) is 0 Å². The Bertz CT molecular complexity index is 3830. The summed E-state index contributed by atoms with van der Waals surface area (Å²) in [5.41, 5.74) is 10.6. The van der Waals surface area contributed by atoms with Crippen LogP contribution in [0.4, 0.5) is 0 Å². The normalized spacial score (nSPS) is 11.8. The van der Waals surface area contributed by atoms with Gasteiger partial charge in [-0.2, -0.15) is 0 Å². The van der Waals surface area contributed by atoms with E-state index in [2.05, 4.69) is 205 Å². The molecule has 63 heavy (non-hydrogen) atoms. The van der Waals surface area contributed by atoms with Crippen LogP contribution in [0.1, 0.15) is 0 Å². The van der Waals surface area contributed by atoms with Crippen LogP contribution < -0.4 is 0 Å². The molecule has 0 atom stereocenters. The van der Waals surface area contributed by atoms with Crippen molar-refractivity contribution in [1.29, 1.82) is 0 Å². The number of benzene rings is 11. The topological polar surface area (TPSA) is 43.6 Å². The molecule has 2 aromatic heterocycles. The van der Waals surface area contributed by atoms with Crippen LogP contribution >= 0.6 is 0 Å². The highest BCUT2D eigenvalue weighted by atomic mass is 15.0. The lowest BCUT2D eigenvalue weighted by Crippen LogP contribution is -2.02. The van der Waals surface area contributed by atoms with Crippen molar-refractivity contribution >= 4 is 64.9 Å². The molecule has 0 spiro atoms. The van der Waals surface area contributed by atoms with Crippen molar-refractivity contribution in [2.75, 3.05) is 0 Å². The third kappa shape index (κ3) is 5.66. The van der Waals surface area contributed by atoms with Gasteiger partial charge >= 0.3 is 0 Å². The Kier molecular flexibility index (Phi) is 7.87. The Labute approximate surface area is 363 Å². The highest BCUT2D eigenvalue weighted by Gasteiger charge is 2.23. The monoisotopic (exact) mass is 800 g/mol. The smallest absolute Gasteiger partial charge is 0.164 e. The fraction of sp³-hybridized carbons (Fsp3) is 0. The van der Waals surface area contributed by atoms with Crippen molar-refractivity contribution in [3.63, 3.8) is 0 Å². The number of fused-ring (bicyclic) bond motifs is 6. The third-order valence-corrected chi connectivity index (χ3v) is 12.7. The molecule has 0 radical (unpaired) electrons. The summed E-state index contributed by atoms with van der Waals surface area (Å²) >= 11 is 0. The van der Waals surface area contributed by atoms with Gasteiger partial charge in [-0.1, -0.05) is 176 Å². The van der Waals surface area contributed by atoms with Gasteiger partial charge in [-0.05, 0) is 102 Å². The van der Waals surface area contributed by atoms with Crippen molar-refractivity contribution < 1.29 is 0 Å². The van der Waals surface area contributed by atoms with Gasteiger partial charge in [0, 0.05) is 38.5 Å². The van der Waals surface area contributed by atoms with E-state index in [1.54, 1.807) is 0 Å². The van der Waals surface area contributed by atoms with E-state index >= 15 is 0 Å². The van der Waals surface area contributed by atoms with Gasteiger partial charge in [0.2, 0.25) is 0 Å². The van der Waals surface area contributed by atoms with Crippen LogP contribution in [-0.2, 0) is 0 Å². The quantitative estimate of drug-likeness (QED) is 0.157. The predicted molar refractivity (Wildman–Crippen MR) is 263 cm³/mol. The second-order valence-electron chi connectivity index (χ2n) is 16.4. The zero-order chi connectivity index (χ0) is 41.4. The molecule has 0 fully saturated rings. The standard InChI is InChI=1S/C59H36N4/c1-4-17-37(18-5-1)42-31-43(38-19-6-2-7-20-38)33-44(32-42)58-60-57(39-21-8-3-9-22-39)61-59(62-58)51-36-45(34-40-23-10-12-25-46(40)51)63-52-30-16-29-50-48-27-14-15-28-49(48)54-47-26-13-11-24-41(47)35-53(63)56(54)55(50)52/h1-36H. The van der Waals surface area contributed by atoms with Gasteiger partial charge in [0.1, 0.15) is 0 Å². The number of hydrogen-bond acceptors (Lipinski definition) is 3. The molecule has 4 heteroatoms. The van der Waals surface area contributed by atoms with E-state index in [-0.39, 0.29) is 0 Å². The Balaban J connectivity index is 1.10. The first kappa shape index (κ1) is 35.3. The molecule has 2 heterocycles. The summed E-state index contributed by atoms with van der Waals surface area (Å²) in [5.74, 6) is 1.86. The summed E-state index contributed by atoms with van der Waals surface area (Å²) in [4.78, 5) is 16.0. The van der Waals surface area contributed by atoms with Gasteiger partial charge in [-0.15, -0.1) is 0 Å². The van der Waals surface area contributed by atoms with E-state index < -0.39 is 0 Å². The van der Waals surface area contributed by atoms with E-state index in [1.165, 1.54) is 54.1 Å². The number of rotatable bonds is 6. The van der Waals surface area contributed by atoms with Crippen LogP contribution in [0.3, 0.4) is 0 Å². The minimum absolute atomic E-state index is 0.615. The first-order valence-electron chi connectivity index (χ1n) is 21.4. The van der Waals surface area contributed by atoms with Gasteiger partial charge in [0.15, 0.2) is 17.5 Å². The molecule has 292 valence electrons. The minimum atomic E-state index is 0.615. The van der Waals surface area contributed by atoms with E-state index in [1.807, 2.05) is 18.2 Å². The van der Waals surface area contributed by atoms with Crippen LogP contribution in [-0.4, -0.2) is 19.5 Å². The van der Waals surface area contributed by atoms with Crippen LogP contribution in [0, 0.1) is 0 Å². The van der Waals surface area contributed by atoms with E-state index in [0.29, 0.717) is 17.5 Å². The predicted octanol–water partition coefficient (Wildman–Crippen LogP) is 15.4. The largest absolute Gasteiger partial charge is 0.309 e. The molecule has 4 nitrogen and oxygen atoms in total. The highest BCUT2D eigenvalue weighted by molar-refractivity contribution is 6.39. The van der Waals surface area contributed by atoms with E-state index in [9.17, 15) is 0 Å². The van der Waals surface area contributed by atoms with Crippen LogP contribution in [0.2, 0.25) is 0 Å². The fourth-order valence-electron chi connectivity index (χ4n) is 9.90. The van der Waals surface area contributed by atoms with Crippen molar-refractivity contribution in [2.45, 2.75) is 0 Å². The number of hydrogen-bond donors (Lipinski definition) is 0. The summed E-state index contributed by atoms with van der Waals surface area (Å²) < 4.78 is 2.46. The Morgan fingerprint density at radius 1 is 0.270 bits per heavy atom. The van der Waals surface area contributed by atoms with Crippen LogP contribution in [0.5, 0.6) is 0 Å². The molecule has 0 bridgehead atoms. The van der Waals surface area contributed by atoms with Crippen molar-refractivity contribution in [1.82, 2.24) is 19.5 Å². The minimum Gasteiger partial charge on any atom is -0.309 e. The molecule has 0 saturated heterocycles. The molecule has 0 aliphatic heterocycles. The molecule has 0 amide bonds. The SMILES string of the molecule is c1ccc(-c2cc(-c3ccccc3)cc(-c3nc(-c4ccccc4)nc(-c4cc(-n5c6cccc7c8ccccc8c8c9ccccc9cc5c8c76)cc5ccccc45)n3)c2)cc1. The summed E-state index contributed by atoms with van der Waals surface area (Å²) in [5, 5.41) is 12.3. The average Bonchev–Trinajstić information content (AvgIpc) is 3.70. The molecule has 11 aromatic carbocycles. The summed E-state index contributed by atoms with van der Waals surface area (Å²) in [6, 6.07) is 78.0. The average molecular weight is 801 g/mol.